The average Bonchev–Trinajstić information content (AvgIpc) is 3.48. The number of carbonyl (C=O) groups is 1. The summed E-state index contributed by atoms with van der Waals surface area (Å²) in [5.74, 6) is 2.61. The van der Waals surface area contributed by atoms with Crippen LogP contribution < -0.4 is 15.1 Å². The van der Waals surface area contributed by atoms with E-state index in [0.29, 0.717) is 37.4 Å². The van der Waals surface area contributed by atoms with Gasteiger partial charge in [-0.15, -0.1) is 0 Å². The van der Waals surface area contributed by atoms with E-state index in [2.05, 4.69) is 59.9 Å². The summed E-state index contributed by atoms with van der Waals surface area (Å²) in [6.45, 7) is 13.4. The van der Waals surface area contributed by atoms with Crippen molar-refractivity contribution in [3.63, 3.8) is 0 Å². The molecule has 0 aliphatic carbocycles. The molecule has 1 unspecified atom stereocenters. The molecule has 3 atom stereocenters. The van der Waals surface area contributed by atoms with Crippen LogP contribution >= 0.6 is 0 Å². The number of aromatic nitrogens is 2. The van der Waals surface area contributed by atoms with Crippen LogP contribution in [-0.4, -0.2) is 91.2 Å². The smallest absolute Gasteiger partial charge is 0.415 e. The maximum Gasteiger partial charge on any atom is 0.415 e. The summed E-state index contributed by atoms with van der Waals surface area (Å²) in [7, 11) is 2.18. The summed E-state index contributed by atoms with van der Waals surface area (Å²) in [6.07, 6.45) is 6.37. The number of pyridine rings is 2. The molecule has 4 aliphatic heterocycles. The topological polar surface area (TPSA) is 108 Å². The highest BCUT2D eigenvalue weighted by Gasteiger charge is 2.49. The van der Waals surface area contributed by atoms with Crippen molar-refractivity contribution >= 4 is 36.0 Å². The van der Waals surface area contributed by atoms with Crippen LogP contribution in [0.1, 0.15) is 51.6 Å². The lowest BCUT2D eigenvalue weighted by Crippen LogP contribution is -2.47. The minimum atomic E-state index is -0.381. The number of piperidine rings is 1. The molecule has 4 aliphatic rings. The monoisotopic (exact) mass is 586 g/mol. The third-order valence-corrected chi connectivity index (χ3v) is 9.00. The lowest BCUT2D eigenvalue weighted by molar-refractivity contribution is -0.0730. The first kappa shape index (κ1) is 29.3. The van der Waals surface area contributed by atoms with Gasteiger partial charge in [0.15, 0.2) is 0 Å². The Kier molecular flexibility index (Phi) is 8.19. The fraction of sp³-hybridized carbons (Fsp3) is 0.531. The van der Waals surface area contributed by atoms with Gasteiger partial charge in [0.05, 0.1) is 30.1 Å². The Bertz CT molecular complexity index is 1400. The number of carbonyl (C=O) groups excluding carboxylic acids is 1. The molecule has 1 amide bonds. The molecular formula is C32H42N8O3. The summed E-state index contributed by atoms with van der Waals surface area (Å²) >= 11 is 0. The minimum absolute atomic E-state index is 0.0499. The van der Waals surface area contributed by atoms with Gasteiger partial charge in [0.1, 0.15) is 30.7 Å². The zero-order valence-corrected chi connectivity index (χ0v) is 25.6. The largest absolute Gasteiger partial charge is 0.447 e. The normalized spacial score (nSPS) is 27.9. The zero-order chi connectivity index (χ0) is 30.1. The number of fused-ring (bicyclic) bond motifs is 1. The molecule has 0 radical (unpaired) electrons. The zero-order valence-electron chi connectivity index (χ0n) is 25.6. The second-order valence-electron chi connectivity index (χ2n) is 12.6. The van der Waals surface area contributed by atoms with Crippen molar-refractivity contribution in [2.75, 3.05) is 55.1 Å². The number of nitrogens with one attached hydrogen (secondary N) is 1. The third kappa shape index (κ3) is 6.01. The van der Waals surface area contributed by atoms with Crippen molar-refractivity contribution in [3.05, 3.63) is 54.0 Å². The van der Waals surface area contributed by atoms with Crippen LogP contribution in [0.15, 0.2) is 58.3 Å². The predicted molar refractivity (Wildman–Crippen MR) is 169 cm³/mol. The lowest BCUT2D eigenvalue weighted by Gasteiger charge is -2.40. The van der Waals surface area contributed by atoms with E-state index in [1.165, 1.54) is 0 Å². The predicted octanol–water partition coefficient (Wildman–Crippen LogP) is 4.69. The fourth-order valence-electron chi connectivity index (χ4n) is 6.64. The van der Waals surface area contributed by atoms with Crippen LogP contribution in [0.3, 0.4) is 0 Å². The SMILES string of the molecule is C=N/C=C1\C(=N/CNc2ccc(C3CCN(C)CC3)nc2)N(c2cccc(N3C(=O)OC[C@@H]3C)n2)[C@@H]2CC(C)(C)OCC12. The van der Waals surface area contributed by atoms with E-state index in [1.807, 2.05) is 31.3 Å². The number of nitrogens with zero attached hydrogens (tertiary/aromatic N) is 7. The summed E-state index contributed by atoms with van der Waals surface area (Å²) < 4.78 is 11.5. The van der Waals surface area contributed by atoms with Crippen LogP contribution in [0.2, 0.25) is 0 Å². The molecule has 2 aromatic heterocycles. The number of ether oxygens (including phenoxy) is 2. The van der Waals surface area contributed by atoms with Crippen molar-refractivity contribution < 1.29 is 14.3 Å². The minimum Gasteiger partial charge on any atom is -0.447 e. The molecule has 228 valence electrons. The average molecular weight is 587 g/mol. The van der Waals surface area contributed by atoms with Crippen LogP contribution in [0.4, 0.5) is 22.1 Å². The first-order valence-corrected chi connectivity index (χ1v) is 15.2. The van der Waals surface area contributed by atoms with Gasteiger partial charge in [0.25, 0.3) is 0 Å². The Morgan fingerprint density at radius 3 is 2.58 bits per heavy atom. The molecule has 2 aromatic rings. The molecule has 43 heavy (non-hydrogen) atoms. The van der Waals surface area contributed by atoms with E-state index in [1.54, 1.807) is 11.1 Å². The second kappa shape index (κ2) is 12.0. The third-order valence-electron chi connectivity index (χ3n) is 9.00. The quantitative estimate of drug-likeness (QED) is 0.466. The maximum atomic E-state index is 12.5. The lowest BCUT2D eigenvalue weighted by atomic mass is 9.85. The molecule has 11 heteroatoms. The number of anilines is 3. The van der Waals surface area contributed by atoms with Gasteiger partial charge in [-0.2, -0.15) is 0 Å². The molecule has 6 heterocycles. The van der Waals surface area contributed by atoms with Gasteiger partial charge in [-0.25, -0.2) is 14.8 Å². The molecule has 0 saturated carbocycles. The molecule has 11 nitrogen and oxygen atoms in total. The number of amidine groups is 1. The highest BCUT2D eigenvalue weighted by molar-refractivity contribution is 6.13. The molecule has 4 fully saturated rings. The van der Waals surface area contributed by atoms with E-state index in [4.69, 9.17) is 24.4 Å². The van der Waals surface area contributed by atoms with Gasteiger partial charge < -0.3 is 24.6 Å². The van der Waals surface area contributed by atoms with E-state index in [0.717, 1.165) is 55.1 Å². The van der Waals surface area contributed by atoms with Crippen molar-refractivity contribution in [1.82, 2.24) is 14.9 Å². The van der Waals surface area contributed by atoms with Crippen molar-refractivity contribution in [2.24, 2.45) is 15.9 Å². The standard InChI is InChI=1S/C32H42N8O3/c1-21-18-42-31(41)39(21)28-7-6-8-29(37-28)40-27-15-32(2,3)43-19-25(27)24(17-33-4)30(40)36-20-35-23-9-10-26(34-16-23)22-11-13-38(5)14-12-22/h6-10,16-17,21-22,25,27,35H,4,11-15,18-20H2,1-3,5H3/b24-17-,36-30+/t21-,25?,27+/m0/s1. The Hall–Kier alpha value is -3.83. The fourth-order valence-corrected chi connectivity index (χ4v) is 6.64. The molecule has 6 rings (SSSR count). The van der Waals surface area contributed by atoms with Gasteiger partial charge >= 0.3 is 6.09 Å². The van der Waals surface area contributed by atoms with Gasteiger partial charge in [0.2, 0.25) is 0 Å². The Labute approximate surface area is 253 Å². The second-order valence-corrected chi connectivity index (χ2v) is 12.6. The highest BCUT2D eigenvalue weighted by Crippen LogP contribution is 2.43. The number of hydrogen-bond acceptors (Lipinski definition) is 9. The summed E-state index contributed by atoms with van der Waals surface area (Å²) in [6, 6.07) is 9.92. The van der Waals surface area contributed by atoms with E-state index in [-0.39, 0.29) is 29.7 Å². The van der Waals surface area contributed by atoms with E-state index in [9.17, 15) is 4.79 Å². The van der Waals surface area contributed by atoms with Crippen LogP contribution in [0.25, 0.3) is 0 Å². The van der Waals surface area contributed by atoms with Crippen LogP contribution in [0.5, 0.6) is 0 Å². The molecular weight excluding hydrogens is 544 g/mol. The summed E-state index contributed by atoms with van der Waals surface area (Å²) in [5, 5.41) is 3.43. The summed E-state index contributed by atoms with van der Waals surface area (Å²) in [4.78, 5) is 37.6. The summed E-state index contributed by atoms with van der Waals surface area (Å²) in [5.41, 5.74) is 2.73. The number of aliphatic imine (C=N–C) groups is 2. The van der Waals surface area contributed by atoms with Crippen molar-refractivity contribution in [2.45, 2.75) is 63.6 Å². The number of amides is 1. The number of likely N-dealkylation sites (tertiary alicyclic amines) is 1. The first-order chi connectivity index (χ1) is 20.7. The van der Waals surface area contributed by atoms with E-state index < -0.39 is 0 Å². The number of hydrogen-bond donors (Lipinski definition) is 1. The number of rotatable bonds is 7. The van der Waals surface area contributed by atoms with Gasteiger partial charge in [-0.3, -0.25) is 14.9 Å². The Morgan fingerprint density at radius 2 is 1.91 bits per heavy atom. The van der Waals surface area contributed by atoms with Gasteiger partial charge in [-0.05, 0) is 91.2 Å². The Balaban J connectivity index is 1.28. The maximum absolute atomic E-state index is 12.5. The first-order valence-electron chi connectivity index (χ1n) is 15.2. The van der Waals surface area contributed by atoms with Crippen molar-refractivity contribution in [3.8, 4) is 0 Å². The molecule has 1 N–H and O–H groups in total. The van der Waals surface area contributed by atoms with Crippen LogP contribution in [0, 0.1) is 5.92 Å². The van der Waals surface area contributed by atoms with Crippen molar-refractivity contribution in [1.29, 1.82) is 0 Å². The van der Waals surface area contributed by atoms with E-state index >= 15 is 0 Å². The molecule has 0 aromatic carbocycles. The van der Waals surface area contributed by atoms with Crippen LogP contribution in [-0.2, 0) is 9.47 Å². The molecule has 0 bridgehead atoms. The Morgan fingerprint density at radius 1 is 1.14 bits per heavy atom. The molecule has 0 spiro atoms. The van der Waals surface area contributed by atoms with Gasteiger partial charge in [0, 0.05) is 35.3 Å². The molecule has 4 saturated heterocycles. The number of cyclic esters (lactones) is 1. The highest BCUT2D eigenvalue weighted by atomic mass is 16.6. The van der Waals surface area contributed by atoms with Gasteiger partial charge in [-0.1, -0.05) is 6.07 Å².